The van der Waals surface area contributed by atoms with Gasteiger partial charge in [-0.1, -0.05) is 19.1 Å². The van der Waals surface area contributed by atoms with E-state index >= 15 is 0 Å². The highest BCUT2D eigenvalue weighted by atomic mass is 127. The molecule has 7 nitrogen and oxygen atoms in total. The number of nitrogens with two attached hydrogens (primary N) is 1. The van der Waals surface area contributed by atoms with Crippen molar-refractivity contribution in [3.05, 3.63) is 29.8 Å². The fourth-order valence-electron chi connectivity index (χ4n) is 3.29. The monoisotopic (exact) mass is 503 g/mol. The van der Waals surface area contributed by atoms with Crippen LogP contribution in [0.2, 0.25) is 0 Å². The predicted molar refractivity (Wildman–Crippen MR) is 125 cm³/mol. The lowest BCUT2D eigenvalue weighted by molar-refractivity contribution is -0.119. The fraction of sp³-hybridized carbons (Fsp3) is 0.600. The van der Waals surface area contributed by atoms with Gasteiger partial charge in [0.25, 0.3) is 5.91 Å². The molecule has 1 atom stereocenters. The van der Waals surface area contributed by atoms with Gasteiger partial charge in [0, 0.05) is 19.1 Å². The fourth-order valence-corrected chi connectivity index (χ4v) is 3.29. The minimum atomic E-state index is -0.474. The average Bonchev–Trinajstić information content (AvgIpc) is 3.13. The van der Waals surface area contributed by atoms with Crippen LogP contribution in [-0.2, 0) is 11.2 Å². The number of likely N-dealkylation sites (N-methyl/N-ethyl adjacent to an activating group) is 1. The van der Waals surface area contributed by atoms with E-state index in [0.29, 0.717) is 11.8 Å². The first-order chi connectivity index (χ1) is 13.1. The summed E-state index contributed by atoms with van der Waals surface area (Å²) < 4.78 is 5.27. The first-order valence-electron chi connectivity index (χ1n) is 9.88. The summed E-state index contributed by atoms with van der Waals surface area (Å²) in [6, 6.07) is 8.28. The van der Waals surface area contributed by atoms with E-state index in [9.17, 15) is 4.79 Å². The Labute approximate surface area is 185 Å². The number of ether oxygens (including phenoxy) is 1. The highest BCUT2D eigenvalue weighted by Crippen LogP contribution is 2.16. The smallest absolute Gasteiger partial charge is 0.255 e. The number of carbonyl (C=O) groups is 1. The molecule has 1 aliphatic rings. The van der Waals surface area contributed by atoms with Crippen molar-refractivity contribution in [1.29, 1.82) is 0 Å². The van der Waals surface area contributed by atoms with Crippen molar-refractivity contribution in [1.82, 2.24) is 15.5 Å². The standard InChI is InChI=1S/C20H33N5O2.HI/c1-3-22-20(24-14-17-6-5-13-25(17)4-2)23-12-11-16-7-9-18(10-8-16)27-15-19(21)26;/h7-10,17H,3-6,11-15H2,1-2H3,(H2,21,26)(H2,22,23,24);1H. The molecule has 0 aliphatic carbocycles. The number of amides is 1. The number of carbonyl (C=O) groups excluding carboxylic acids is 1. The Kier molecular flexibility index (Phi) is 11.9. The van der Waals surface area contributed by atoms with Crippen LogP contribution in [0.3, 0.4) is 0 Å². The predicted octanol–water partition coefficient (Wildman–Crippen LogP) is 1.75. The highest BCUT2D eigenvalue weighted by Gasteiger charge is 2.22. The molecular weight excluding hydrogens is 469 g/mol. The van der Waals surface area contributed by atoms with Gasteiger partial charge in [-0.25, -0.2) is 0 Å². The summed E-state index contributed by atoms with van der Waals surface area (Å²) in [5.74, 6) is 1.05. The SMILES string of the molecule is CCNC(=NCC1CCCN1CC)NCCc1ccc(OCC(N)=O)cc1.I. The third-order valence-corrected chi connectivity index (χ3v) is 4.72. The summed E-state index contributed by atoms with van der Waals surface area (Å²) in [5, 5.41) is 6.73. The van der Waals surface area contributed by atoms with Crippen molar-refractivity contribution in [3.8, 4) is 5.75 Å². The number of nitrogens with one attached hydrogen (secondary N) is 2. The number of benzene rings is 1. The summed E-state index contributed by atoms with van der Waals surface area (Å²) in [4.78, 5) is 18.0. The van der Waals surface area contributed by atoms with Crippen molar-refractivity contribution in [2.45, 2.75) is 39.2 Å². The van der Waals surface area contributed by atoms with Gasteiger partial charge in [0.15, 0.2) is 12.6 Å². The molecule has 0 saturated carbocycles. The third kappa shape index (κ3) is 8.64. The lowest BCUT2D eigenvalue weighted by atomic mass is 10.1. The Morgan fingerprint density at radius 3 is 2.68 bits per heavy atom. The maximum atomic E-state index is 10.7. The average molecular weight is 503 g/mol. The summed E-state index contributed by atoms with van der Waals surface area (Å²) in [5.41, 5.74) is 6.27. The van der Waals surface area contributed by atoms with Gasteiger partial charge < -0.3 is 21.1 Å². The van der Waals surface area contributed by atoms with E-state index in [1.54, 1.807) is 0 Å². The van der Waals surface area contributed by atoms with Crippen LogP contribution < -0.4 is 21.1 Å². The molecule has 1 aliphatic heterocycles. The number of hydrogen-bond acceptors (Lipinski definition) is 4. The van der Waals surface area contributed by atoms with Crippen molar-refractivity contribution in [2.24, 2.45) is 10.7 Å². The number of likely N-dealkylation sites (tertiary alicyclic amines) is 1. The summed E-state index contributed by atoms with van der Waals surface area (Å²) >= 11 is 0. The second kappa shape index (κ2) is 13.6. The Bertz CT molecular complexity index is 609. The van der Waals surface area contributed by atoms with Crippen molar-refractivity contribution >= 4 is 35.8 Å². The number of aliphatic imine (C=N–C) groups is 1. The normalized spacial score (nSPS) is 17.1. The Hall–Kier alpha value is -1.55. The van der Waals surface area contributed by atoms with Crippen LogP contribution in [0.4, 0.5) is 0 Å². The van der Waals surface area contributed by atoms with E-state index in [1.165, 1.54) is 24.9 Å². The van der Waals surface area contributed by atoms with Gasteiger partial charge in [-0.2, -0.15) is 0 Å². The maximum absolute atomic E-state index is 10.7. The van der Waals surface area contributed by atoms with Gasteiger partial charge in [-0.05, 0) is 57.0 Å². The molecule has 2 rings (SSSR count). The molecule has 1 unspecified atom stereocenters. The minimum absolute atomic E-state index is 0. The first-order valence-corrected chi connectivity index (χ1v) is 9.88. The van der Waals surface area contributed by atoms with Crippen LogP contribution >= 0.6 is 24.0 Å². The second-order valence-electron chi connectivity index (χ2n) is 6.72. The molecule has 1 aromatic rings. The van der Waals surface area contributed by atoms with Crippen molar-refractivity contribution in [3.63, 3.8) is 0 Å². The molecule has 0 spiro atoms. The number of nitrogens with zero attached hydrogens (tertiary/aromatic N) is 2. The van der Waals surface area contributed by atoms with Crippen molar-refractivity contribution in [2.75, 3.05) is 39.3 Å². The number of hydrogen-bond donors (Lipinski definition) is 3. The van der Waals surface area contributed by atoms with E-state index in [-0.39, 0.29) is 30.6 Å². The lowest BCUT2D eigenvalue weighted by Crippen LogP contribution is -2.40. The van der Waals surface area contributed by atoms with Gasteiger partial charge in [-0.15, -0.1) is 24.0 Å². The molecule has 4 N–H and O–H groups in total. The number of guanidine groups is 1. The molecule has 1 heterocycles. The lowest BCUT2D eigenvalue weighted by Gasteiger charge is -2.21. The molecule has 0 aromatic heterocycles. The molecule has 8 heteroatoms. The molecule has 0 bridgehead atoms. The van der Waals surface area contributed by atoms with Crippen molar-refractivity contribution < 1.29 is 9.53 Å². The van der Waals surface area contributed by atoms with Crippen LogP contribution in [0.1, 0.15) is 32.3 Å². The molecular formula is C20H34IN5O2. The first kappa shape index (κ1) is 24.5. The largest absolute Gasteiger partial charge is 0.484 e. The van der Waals surface area contributed by atoms with E-state index in [1.807, 2.05) is 24.3 Å². The zero-order valence-electron chi connectivity index (χ0n) is 16.9. The Morgan fingerprint density at radius 2 is 2.04 bits per heavy atom. The Balaban J connectivity index is 0.00000392. The van der Waals surface area contributed by atoms with Gasteiger partial charge in [-0.3, -0.25) is 14.7 Å². The molecule has 1 saturated heterocycles. The maximum Gasteiger partial charge on any atom is 0.255 e. The van der Waals surface area contributed by atoms with Gasteiger partial charge in [0.1, 0.15) is 5.75 Å². The second-order valence-corrected chi connectivity index (χ2v) is 6.72. The van der Waals surface area contributed by atoms with Crippen LogP contribution in [0.15, 0.2) is 29.3 Å². The summed E-state index contributed by atoms with van der Waals surface area (Å²) in [7, 11) is 0. The minimum Gasteiger partial charge on any atom is -0.484 e. The van der Waals surface area contributed by atoms with Gasteiger partial charge in [0.05, 0.1) is 6.54 Å². The molecule has 158 valence electrons. The number of rotatable bonds is 10. The molecule has 28 heavy (non-hydrogen) atoms. The topological polar surface area (TPSA) is 92.0 Å². The van der Waals surface area contributed by atoms with E-state index in [0.717, 1.165) is 38.6 Å². The zero-order chi connectivity index (χ0) is 19.5. The van der Waals surface area contributed by atoms with Crippen LogP contribution in [0, 0.1) is 0 Å². The number of primary amides is 1. The zero-order valence-corrected chi connectivity index (χ0v) is 19.3. The molecule has 1 fully saturated rings. The van der Waals surface area contributed by atoms with Crippen LogP contribution in [-0.4, -0.2) is 62.1 Å². The van der Waals surface area contributed by atoms with Crippen LogP contribution in [0.25, 0.3) is 0 Å². The van der Waals surface area contributed by atoms with Gasteiger partial charge >= 0.3 is 0 Å². The quantitative estimate of drug-likeness (QED) is 0.257. The molecule has 0 radical (unpaired) electrons. The molecule has 1 aromatic carbocycles. The van der Waals surface area contributed by atoms with Gasteiger partial charge in [0.2, 0.25) is 0 Å². The summed E-state index contributed by atoms with van der Waals surface area (Å²) in [6.45, 7) is 8.99. The van der Waals surface area contributed by atoms with E-state index in [2.05, 4.69) is 29.4 Å². The number of halogens is 1. The highest BCUT2D eigenvalue weighted by molar-refractivity contribution is 14.0. The molecule has 1 amide bonds. The third-order valence-electron chi connectivity index (χ3n) is 4.72. The van der Waals surface area contributed by atoms with E-state index in [4.69, 9.17) is 15.5 Å². The summed E-state index contributed by atoms with van der Waals surface area (Å²) in [6.07, 6.45) is 3.39. The van der Waals surface area contributed by atoms with Crippen LogP contribution in [0.5, 0.6) is 5.75 Å². The Morgan fingerprint density at radius 1 is 1.29 bits per heavy atom. The van der Waals surface area contributed by atoms with E-state index < -0.39 is 5.91 Å².